The second kappa shape index (κ2) is 39.9. The summed E-state index contributed by atoms with van der Waals surface area (Å²) >= 11 is 1.83. The third kappa shape index (κ3) is 22.4. The van der Waals surface area contributed by atoms with Crippen molar-refractivity contribution >= 4 is 167 Å². The summed E-state index contributed by atoms with van der Waals surface area (Å²) in [6.45, 7) is 33.4. The van der Waals surface area contributed by atoms with Crippen LogP contribution in [0.1, 0.15) is 33.4 Å². The van der Waals surface area contributed by atoms with Crippen molar-refractivity contribution in [3.8, 4) is 45.0 Å². The minimum Gasteiger partial charge on any atom is -0.512 e. The summed E-state index contributed by atoms with van der Waals surface area (Å²) in [4.78, 5) is 47.6. The van der Waals surface area contributed by atoms with Crippen LogP contribution in [0, 0.1) is 31.3 Å². The first-order valence-electron chi connectivity index (χ1n) is 37.1. The molecule has 0 aliphatic carbocycles. The van der Waals surface area contributed by atoms with Gasteiger partial charge in [0.1, 0.15) is 19.2 Å². The van der Waals surface area contributed by atoms with E-state index in [9.17, 15) is 9.59 Å². The number of nitrogens with zero attached hydrogens (tertiary/aromatic N) is 6. The van der Waals surface area contributed by atoms with E-state index in [1.807, 2.05) is 116 Å². The molecule has 0 saturated carbocycles. The standard InChI is InChI=1S/C25H21N2OSi.C20H18NOSi.C20H18NSSi.C19H17N2OSi.2C5H8O2.4Ir/c1-17-12-14-21-20-10-7-11-22(24(20)28-25(21)27-17)23-15-13-19(16-26-23)29(2,3)18-8-5-4-6-9-18;2*1-23(2,3)15-9-10-18(21-13-15)14-8-11-20-17(12-14)16-6-4-5-7-19(16)22-20;1-23(2,3)13-8-9-17(21-10-13)16-12-20-11-15-14-6-4-5-7-18(14)22-19(15)16;2*1-4(6)3-5(2)7;;;;/h4-10,12-16H,1-3H3;2*4-7,9-13H,1-3H3;4-11H,1-3H3;2*3,6H,1-2H3;;;;/q4*-1;;;;;;. The van der Waals surface area contributed by atoms with Gasteiger partial charge in [-0.1, -0.05) is 238 Å². The average molecular weight is 2330 g/mol. The predicted molar refractivity (Wildman–Crippen MR) is 475 cm³/mol. The first kappa shape index (κ1) is 92.5. The van der Waals surface area contributed by atoms with Gasteiger partial charge in [0.2, 0.25) is 5.71 Å². The minimum absolute atomic E-state index is 0. The number of aryl methyl sites for hydroxylation is 1. The van der Waals surface area contributed by atoms with Gasteiger partial charge in [0.05, 0.1) is 52.5 Å². The minimum atomic E-state index is -1.77. The van der Waals surface area contributed by atoms with Crippen molar-refractivity contribution in [3.63, 3.8) is 0 Å². The molecule has 7 aromatic carbocycles. The topological polar surface area (TPSA) is 191 Å². The number of aliphatic hydroxyl groups is 2. The number of hydrogen-bond acceptors (Lipinski definition) is 14. The monoisotopic (exact) mass is 2330 g/mol. The van der Waals surface area contributed by atoms with Gasteiger partial charge >= 0.3 is 0 Å². The molecule has 22 heteroatoms. The molecular weight excluding hydrogens is 2240 g/mol. The fourth-order valence-electron chi connectivity index (χ4n) is 12.8. The van der Waals surface area contributed by atoms with Crippen LogP contribution in [0.15, 0.2) is 268 Å². The number of hydrogen-bond donors (Lipinski definition) is 2. The van der Waals surface area contributed by atoms with Crippen molar-refractivity contribution in [3.05, 3.63) is 285 Å². The zero-order chi connectivity index (χ0) is 79.8. The Kier molecular flexibility index (Phi) is 31.8. The number of ketones is 2. The van der Waals surface area contributed by atoms with Crippen LogP contribution in [0.4, 0.5) is 0 Å². The Morgan fingerprint density at radius 3 is 1.38 bits per heavy atom. The maximum atomic E-state index is 10.0. The van der Waals surface area contributed by atoms with Gasteiger partial charge in [-0.15, -0.1) is 65.7 Å². The summed E-state index contributed by atoms with van der Waals surface area (Å²) in [5, 5.41) is 32.6. The second-order valence-electron chi connectivity index (χ2n) is 31.3. The summed E-state index contributed by atoms with van der Waals surface area (Å²) in [6, 6.07) is 79.1. The third-order valence-corrected chi connectivity index (χ3v) is 29.8. The molecule has 4 radical (unpaired) electrons. The van der Waals surface area contributed by atoms with Crippen LogP contribution >= 0.6 is 11.3 Å². The molecule has 116 heavy (non-hydrogen) atoms. The van der Waals surface area contributed by atoms with Crippen molar-refractivity contribution in [2.75, 3.05) is 0 Å². The van der Waals surface area contributed by atoms with Crippen molar-refractivity contribution in [1.29, 1.82) is 0 Å². The number of rotatable bonds is 11. The maximum absolute atomic E-state index is 10.0. The molecule has 600 valence electrons. The Morgan fingerprint density at radius 2 is 0.862 bits per heavy atom. The molecule has 0 aliphatic rings. The Morgan fingerprint density at radius 1 is 0.397 bits per heavy atom. The predicted octanol–water partition coefficient (Wildman–Crippen LogP) is 21.9. The molecule has 0 amide bonds. The molecule has 0 unspecified atom stereocenters. The summed E-state index contributed by atoms with van der Waals surface area (Å²) in [5.41, 5.74) is 13.3. The molecule has 10 heterocycles. The molecule has 17 aromatic rings. The molecule has 0 saturated heterocycles. The van der Waals surface area contributed by atoms with Crippen molar-refractivity contribution in [1.82, 2.24) is 29.9 Å². The first-order valence-corrected chi connectivity index (χ1v) is 51.4. The van der Waals surface area contributed by atoms with E-state index in [-0.39, 0.29) is 104 Å². The van der Waals surface area contributed by atoms with Crippen LogP contribution in [0.5, 0.6) is 0 Å². The molecule has 17 rings (SSSR count). The quantitative estimate of drug-likeness (QED) is 0.0539. The van der Waals surface area contributed by atoms with Gasteiger partial charge in [-0.25, -0.2) is 4.98 Å². The van der Waals surface area contributed by atoms with Gasteiger partial charge < -0.3 is 48.4 Å². The Hall–Kier alpha value is -9.06. The Bertz CT molecular complexity index is 6100. The molecule has 0 aliphatic heterocycles. The number of carbonyl (C=O) groups excluding carboxylic acids is 2. The SMILES string of the molecule is CC(=O)C=C(C)O.CC(=O)C=C(C)O.C[Si](C)(C)c1ccc(-c2[c-]cc3oc4ccccc4c3c2)nc1.C[Si](C)(C)c1ccc(-c2[c-]cc3sc4ccccc4c3c2)nc1.C[Si](C)(C)c1ccc(-c2[c-]ncc3c2oc2ccccc23)nc1.Cc1ccc2c(n1)oc1c(-c3ccc([Si](C)(C)c4ccccc4)cn3)[c-]ccc12.[Ir].[Ir].[Ir].[Ir]. The smallest absolute Gasteiger partial charge is 0.216 e. The van der Waals surface area contributed by atoms with Crippen molar-refractivity contribution in [2.45, 2.75) is 107 Å². The number of para-hydroxylation sites is 2. The summed E-state index contributed by atoms with van der Waals surface area (Å²) in [5.74, 6) is -0.125. The number of pyridine rings is 6. The van der Waals surface area contributed by atoms with E-state index in [4.69, 9.17) is 33.4 Å². The third-order valence-electron chi connectivity index (χ3n) is 19.0. The number of aromatic nitrogens is 6. The Labute approximate surface area is 740 Å². The van der Waals surface area contributed by atoms with Gasteiger partial charge in [-0.05, 0) is 136 Å². The van der Waals surface area contributed by atoms with Gasteiger partial charge in [-0.3, -0.25) is 9.59 Å². The number of fused-ring (bicyclic) bond motifs is 12. The number of benzene rings is 7. The van der Waals surface area contributed by atoms with Crippen LogP contribution in [0.3, 0.4) is 0 Å². The van der Waals surface area contributed by atoms with E-state index >= 15 is 0 Å². The second-order valence-corrected chi connectivity index (χ2v) is 52.0. The van der Waals surface area contributed by atoms with Crippen molar-refractivity contribution in [2.24, 2.45) is 0 Å². The van der Waals surface area contributed by atoms with E-state index in [1.165, 1.54) is 86.0 Å². The molecule has 0 bridgehead atoms. The van der Waals surface area contributed by atoms with Crippen molar-refractivity contribution < 1.29 is 113 Å². The van der Waals surface area contributed by atoms with E-state index in [2.05, 4.69) is 244 Å². The summed E-state index contributed by atoms with van der Waals surface area (Å²) in [6.07, 6.45) is 15.3. The molecule has 0 spiro atoms. The molecule has 10 aromatic heterocycles. The van der Waals surface area contributed by atoms with Gasteiger partial charge in [0, 0.05) is 144 Å². The first-order chi connectivity index (χ1) is 53.4. The zero-order valence-corrected chi connectivity index (χ0v) is 81.9. The fourth-order valence-corrected chi connectivity index (χ4v) is 19.2. The van der Waals surface area contributed by atoms with Crippen LogP contribution in [0.2, 0.25) is 72.0 Å². The average Bonchev–Trinajstić information content (AvgIpc) is 1.61. The van der Waals surface area contributed by atoms with Crippen LogP contribution in [-0.4, -0.2) is 84.0 Å². The maximum Gasteiger partial charge on any atom is 0.216 e. The van der Waals surface area contributed by atoms with E-state index in [0.717, 1.165) is 111 Å². The molecule has 2 N–H and O–H groups in total. The fraction of sp³-hybridized carbons (Fsp3) is 0.170. The summed E-state index contributed by atoms with van der Waals surface area (Å²) < 4.78 is 20.6. The van der Waals surface area contributed by atoms with Gasteiger partial charge in [0.25, 0.3) is 0 Å². The van der Waals surface area contributed by atoms with Crippen LogP contribution in [-0.2, 0) is 90.0 Å². The molecular formula is C94H90Ir4N6O7SSi4-4. The largest absolute Gasteiger partial charge is 0.512 e. The van der Waals surface area contributed by atoms with E-state index in [1.54, 1.807) is 6.20 Å². The zero-order valence-electron chi connectivity index (χ0n) is 67.5. The van der Waals surface area contributed by atoms with E-state index in [0.29, 0.717) is 5.71 Å². The molecule has 0 fully saturated rings. The van der Waals surface area contributed by atoms with E-state index < -0.39 is 32.3 Å². The van der Waals surface area contributed by atoms with Gasteiger partial charge in [-0.2, -0.15) is 11.3 Å². The normalized spacial score (nSPS) is 11.6. The Balaban J connectivity index is 0.000000182. The van der Waals surface area contributed by atoms with Crippen LogP contribution in [0.25, 0.3) is 131 Å². The summed E-state index contributed by atoms with van der Waals surface area (Å²) in [7, 11) is -5.73. The number of carbonyl (C=O) groups is 2. The van der Waals surface area contributed by atoms with Gasteiger partial charge in [0.15, 0.2) is 11.6 Å². The number of thiophene rings is 1. The van der Waals surface area contributed by atoms with Crippen LogP contribution < -0.4 is 25.9 Å². The molecule has 13 nitrogen and oxygen atoms in total. The number of allylic oxidation sites excluding steroid dienone is 4. The number of aliphatic hydroxyl groups excluding tert-OH is 2. The molecule has 0 atom stereocenters. The number of furan rings is 3.